The van der Waals surface area contributed by atoms with Gasteiger partial charge in [0, 0.05) is 0 Å². The zero-order valence-corrected chi connectivity index (χ0v) is 10.3. The van der Waals surface area contributed by atoms with Crippen molar-refractivity contribution in [3.63, 3.8) is 0 Å². The molecule has 2 aromatic heterocycles. The van der Waals surface area contributed by atoms with Crippen LogP contribution in [-0.4, -0.2) is 15.2 Å². The maximum atomic E-state index is 5.56. The Hall–Kier alpha value is -1.01. The summed E-state index contributed by atoms with van der Waals surface area (Å²) in [6, 6.07) is 0. The molecule has 0 fully saturated rings. The first-order valence-corrected chi connectivity index (χ1v) is 6.39. The van der Waals surface area contributed by atoms with Crippen LogP contribution in [-0.2, 0) is 6.42 Å². The third kappa shape index (κ3) is 2.15. The number of hydrogen-bond acceptors (Lipinski definition) is 6. The average Bonchev–Trinajstić information content (AvgIpc) is 2.73. The van der Waals surface area contributed by atoms with Gasteiger partial charge in [-0.05, 0) is 19.8 Å². The van der Waals surface area contributed by atoms with Gasteiger partial charge in [0.1, 0.15) is 0 Å². The highest BCUT2D eigenvalue weighted by Gasteiger charge is 2.13. The minimum atomic E-state index is 0.509. The third-order valence-electron chi connectivity index (χ3n) is 1.94. The van der Waals surface area contributed by atoms with Crippen LogP contribution >= 0.6 is 22.7 Å². The smallest absolute Gasteiger partial charge is 0.203 e. The van der Waals surface area contributed by atoms with E-state index < -0.39 is 0 Å². The molecule has 0 aliphatic heterocycles. The van der Waals surface area contributed by atoms with E-state index in [2.05, 4.69) is 22.1 Å². The molecule has 0 saturated heterocycles. The highest BCUT2D eigenvalue weighted by molar-refractivity contribution is 7.23. The predicted molar refractivity (Wildman–Crippen MR) is 64.2 cm³/mol. The van der Waals surface area contributed by atoms with Gasteiger partial charge >= 0.3 is 0 Å². The Morgan fingerprint density at radius 1 is 1.27 bits per heavy atom. The van der Waals surface area contributed by atoms with Crippen LogP contribution in [0.5, 0.6) is 0 Å². The van der Waals surface area contributed by atoms with E-state index in [1.165, 1.54) is 16.3 Å². The molecule has 0 atom stereocenters. The fourth-order valence-electron chi connectivity index (χ4n) is 1.30. The fourth-order valence-corrected chi connectivity index (χ4v) is 3.20. The lowest BCUT2D eigenvalue weighted by atomic mass is 10.3. The van der Waals surface area contributed by atoms with Crippen LogP contribution in [0.1, 0.15) is 24.0 Å². The summed E-state index contributed by atoms with van der Waals surface area (Å²) in [6.45, 7) is 4.15. The zero-order valence-electron chi connectivity index (χ0n) is 8.65. The topological polar surface area (TPSA) is 64.7 Å². The van der Waals surface area contributed by atoms with Gasteiger partial charge in [-0.25, -0.2) is 4.98 Å². The summed E-state index contributed by atoms with van der Waals surface area (Å²) in [4.78, 5) is 5.61. The molecule has 2 rings (SSSR count). The van der Waals surface area contributed by atoms with Crippen molar-refractivity contribution in [2.24, 2.45) is 0 Å². The molecule has 2 aromatic rings. The number of rotatable bonds is 3. The molecule has 4 nitrogen and oxygen atoms in total. The maximum Gasteiger partial charge on any atom is 0.203 e. The molecule has 0 aromatic carbocycles. The highest BCUT2D eigenvalue weighted by Crippen LogP contribution is 2.33. The number of hydrogen-bond donors (Lipinski definition) is 1. The first-order chi connectivity index (χ1) is 7.20. The van der Waals surface area contributed by atoms with E-state index in [-0.39, 0.29) is 0 Å². The fraction of sp³-hybridized carbons (Fsp3) is 0.444. The van der Waals surface area contributed by atoms with Crippen molar-refractivity contribution in [1.29, 1.82) is 0 Å². The van der Waals surface area contributed by atoms with Gasteiger partial charge in [-0.3, -0.25) is 0 Å². The summed E-state index contributed by atoms with van der Waals surface area (Å²) in [6.07, 6.45) is 2.14. The molecule has 0 saturated carbocycles. The third-order valence-corrected chi connectivity index (χ3v) is 4.06. The van der Waals surface area contributed by atoms with Crippen molar-refractivity contribution in [2.75, 3.05) is 5.73 Å². The number of aryl methyl sites for hydroxylation is 2. The standard InChI is InChI=1S/C9H12N4S2/c1-3-4-6-11-5(2)7(14-6)8-12-13-9(10)15-8/h3-4H2,1-2H3,(H2,10,13). The molecule has 15 heavy (non-hydrogen) atoms. The first kappa shape index (κ1) is 10.5. The maximum absolute atomic E-state index is 5.56. The minimum Gasteiger partial charge on any atom is -0.374 e. The van der Waals surface area contributed by atoms with Gasteiger partial charge in [-0.2, -0.15) is 0 Å². The monoisotopic (exact) mass is 240 g/mol. The van der Waals surface area contributed by atoms with E-state index >= 15 is 0 Å². The summed E-state index contributed by atoms with van der Waals surface area (Å²) in [5.74, 6) is 0. The van der Waals surface area contributed by atoms with Crippen LogP contribution in [0.15, 0.2) is 0 Å². The van der Waals surface area contributed by atoms with Crippen LogP contribution in [0, 0.1) is 6.92 Å². The number of anilines is 1. The first-order valence-electron chi connectivity index (χ1n) is 4.76. The van der Waals surface area contributed by atoms with E-state index in [4.69, 9.17) is 5.73 Å². The average molecular weight is 240 g/mol. The number of nitrogens with zero attached hydrogens (tertiary/aromatic N) is 3. The van der Waals surface area contributed by atoms with Crippen LogP contribution in [0.4, 0.5) is 5.13 Å². The molecule has 0 aliphatic rings. The van der Waals surface area contributed by atoms with Crippen molar-refractivity contribution in [3.05, 3.63) is 10.7 Å². The Morgan fingerprint density at radius 2 is 2.07 bits per heavy atom. The summed E-state index contributed by atoms with van der Waals surface area (Å²) >= 11 is 3.10. The van der Waals surface area contributed by atoms with Crippen molar-refractivity contribution in [2.45, 2.75) is 26.7 Å². The number of nitrogens with two attached hydrogens (primary N) is 1. The summed E-state index contributed by atoms with van der Waals surface area (Å²) in [5.41, 5.74) is 6.59. The molecule has 0 amide bonds. The Bertz CT molecular complexity index is 460. The lowest BCUT2D eigenvalue weighted by molar-refractivity contribution is 0.903. The normalized spacial score (nSPS) is 10.8. The molecule has 0 aliphatic carbocycles. The Morgan fingerprint density at radius 3 is 2.67 bits per heavy atom. The molecule has 2 N–H and O–H groups in total. The molecule has 80 valence electrons. The van der Waals surface area contributed by atoms with Crippen molar-refractivity contribution in [3.8, 4) is 9.88 Å². The van der Waals surface area contributed by atoms with Crippen LogP contribution < -0.4 is 5.73 Å². The molecular formula is C9H12N4S2. The molecule has 0 unspecified atom stereocenters. The van der Waals surface area contributed by atoms with E-state index in [1.54, 1.807) is 11.3 Å². The SMILES string of the molecule is CCCc1nc(C)c(-c2nnc(N)s2)s1. The number of aromatic nitrogens is 3. The van der Waals surface area contributed by atoms with Gasteiger partial charge in [-0.15, -0.1) is 21.5 Å². The number of nitrogen functional groups attached to an aromatic ring is 1. The van der Waals surface area contributed by atoms with E-state index in [1.807, 2.05) is 6.92 Å². The lowest BCUT2D eigenvalue weighted by Crippen LogP contribution is -1.81. The summed E-state index contributed by atoms with van der Waals surface area (Å²) < 4.78 is 0. The molecule has 0 radical (unpaired) electrons. The van der Waals surface area contributed by atoms with Gasteiger partial charge in [0.25, 0.3) is 0 Å². The molecule has 0 spiro atoms. The van der Waals surface area contributed by atoms with E-state index in [0.29, 0.717) is 5.13 Å². The predicted octanol–water partition coefficient (Wildman–Crippen LogP) is 2.50. The summed E-state index contributed by atoms with van der Waals surface area (Å²) in [7, 11) is 0. The molecule has 6 heteroatoms. The highest BCUT2D eigenvalue weighted by atomic mass is 32.1. The zero-order chi connectivity index (χ0) is 10.8. The number of thiazole rings is 1. The summed E-state index contributed by atoms with van der Waals surface area (Å²) in [5, 5.41) is 10.4. The van der Waals surface area contributed by atoms with Crippen molar-refractivity contribution in [1.82, 2.24) is 15.2 Å². The van der Waals surface area contributed by atoms with Crippen LogP contribution in [0.2, 0.25) is 0 Å². The lowest BCUT2D eigenvalue weighted by Gasteiger charge is -1.87. The minimum absolute atomic E-state index is 0.509. The quantitative estimate of drug-likeness (QED) is 0.895. The van der Waals surface area contributed by atoms with Crippen molar-refractivity contribution < 1.29 is 0 Å². The second-order valence-electron chi connectivity index (χ2n) is 3.22. The van der Waals surface area contributed by atoms with Crippen LogP contribution in [0.3, 0.4) is 0 Å². The van der Waals surface area contributed by atoms with E-state index in [0.717, 1.165) is 28.4 Å². The Kier molecular flexibility index (Phi) is 2.97. The van der Waals surface area contributed by atoms with Gasteiger partial charge < -0.3 is 5.73 Å². The van der Waals surface area contributed by atoms with Gasteiger partial charge in [0.15, 0.2) is 5.01 Å². The molecular weight excluding hydrogens is 228 g/mol. The van der Waals surface area contributed by atoms with Crippen LogP contribution in [0.25, 0.3) is 9.88 Å². The largest absolute Gasteiger partial charge is 0.374 e. The van der Waals surface area contributed by atoms with Gasteiger partial charge in [0.2, 0.25) is 5.13 Å². The van der Waals surface area contributed by atoms with E-state index in [9.17, 15) is 0 Å². The van der Waals surface area contributed by atoms with Gasteiger partial charge in [0.05, 0.1) is 15.6 Å². The second-order valence-corrected chi connectivity index (χ2v) is 5.31. The molecule has 2 heterocycles. The second kappa shape index (κ2) is 4.24. The molecule has 0 bridgehead atoms. The van der Waals surface area contributed by atoms with Crippen molar-refractivity contribution >= 4 is 27.8 Å². The Labute approximate surface area is 96.2 Å². The van der Waals surface area contributed by atoms with Gasteiger partial charge in [-0.1, -0.05) is 18.3 Å². The Balaban J connectivity index is 2.35.